The summed E-state index contributed by atoms with van der Waals surface area (Å²) < 4.78 is 5.05. The molecule has 1 aliphatic rings. The maximum atomic E-state index is 6.12. The Kier molecular flexibility index (Phi) is 4.45. The molecular formula is C14H16Cl2N4O. The van der Waals surface area contributed by atoms with Crippen molar-refractivity contribution >= 4 is 23.2 Å². The van der Waals surface area contributed by atoms with E-state index in [0.29, 0.717) is 34.3 Å². The Morgan fingerprint density at radius 3 is 2.90 bits per heavy atom. The van der Waals surface area contributed by atoms with Crippen LogP contribution in [-0.2, 0) is 13.1 Å². The van der Waals surface area contributed by atoms with Crippen molar-refractivity contribution in [2.24, 2.45) is 5.73 Å². The first-order valence-corrected chi connectivity index (χ1v) is 7.63. The van der Waals surface area contributed by atoms with Gasteiger partial charge < -0.3 is 10.3 Å². The molecule has 2 heterocycles. The van der Waals surface area contributed by atoms with Gasteiger partial charge in [-0.1, -0.05) is 34.4 Å². The van der Waals surface area contributed by atoms with E-state index in [4.69, 9.17) is 33.5 Å². The van der Waals surface area contributed by atoms with Crippen LogP contribution in [0.3, 0.4) is 0 Å². The number of likely N-dealkylation sites (tertiary alicyclic amines) is 1. The molecule has 2 aromatic rings. The van der Waals surface area contributed by atoms with E-state index >= 15 is 0 Å². The molecule has 112 valence electrons. The highest BCUT2D eigenvalue weighted by atomic mass is 35.5. The van der Waals surface area contributed by atoms with E-state index in [2.05, 4.69) is 15.0 Å². The summed E-state index contributed by atoms with van der Waals surface area (Å²) in [7, 11) is 0. The van der Waals surface area contributed by atoms with Gasteiger partial charge in [-0.25, -0.2) is 0 Å². The van der Waals surface area contributed by atoms with Crippen LogP contribution in [0.2, 0.25) is 10.0 Å². The van der Waals surface area contributed by atoms with Gasteiger partial charge in [0.15, 0.2) is 5.82 Å². The molecule has 1 aromatic heterocycles. The fraction of sp³-hybridized carbons (Fsp3) is 0.429. The van der Waals surface area contributed by atoms with Crippen LogP contribution in [0.4, 0.5) is 0 Å². The van der Waals surface area contributed by atoms with Crippen LogP contribution in [0.1, 0.15) is 36.2 Å². The fourth-order valence-electron chi connectivity index (χ4n) is 2.73. The number of benzene rings is 1. The second kappa shape index (κ2) is 6.32. The highest BCUT2D eigenvalue weighted by molar-refractivity contribution is 6.42. The van der Waals surface area contributed by atoms with Crippen LogP contribution >= 0.6 is 23.2 Å². The normalized spacial score (nSPS) is 19.3. The van der Waals surface area contributed by atoms with E-state index in [0.717, 1.165) is 19.4 Å². The monoisotopic (exact) mass is 326 g/mol. The van der Waals surface area contributed by atoms with E-state index < -0.39 is 0 Å². The highest BCUT2D eigenvalue weighted by Crippen LogP contribution is 2.35. The van der Waals surface area contributed by atoms with Crippen LogP contribution in [0.25, 0.3) is 0 Å². The van der Waals surface area contributed by atoms with Gasteiger partial charge in [0.2, 0.25) is 5.89 Å². The smallest absolute Gasteiger partial charge is 0.240 e. The van der Waals surface area contributed by atoms with Crippen molar-refractivity contribution in [1.82, 2.24) is 15.0 Å². The summed E-state index contributed by atoms with van der Waals surface area (Å²) in [5.41, 5.74) is 6.65. The quantitative estimate of drug-likeness (QED) is 0.934. The maximum Gasteiger partial charge on any atom is 0.240 e. The standard InChI is InChI=1S/C14H16Cl2N4O/c15-10-4-3-9(6-11(10)16)12-2-1-5-20(12)8-13-18-14(7-17)21-19-13/h3-4,6,12H,1-2,5,7-8,17H2. The third-order valence-corrected chi connectivity index (χ3v) is 4.46. The summed E-state index contributed by atoms with van der Waals surface area (Å²) >= 11 is 12.1. The van der Waals surface area contributed by atoms with E-state index in [1.165, 1.54) is 5.56 Å². The maximum absolute atomic E-state index is 6.12. The molecule has 7 heteroatoms. The number of halogens is 2. The summed E-state index contributed by atoms with van der Waals surface area (Å²) in [5.74, 6) is 1.14. The lowest BCUT2D eigenvalue weighted by Gasteiger charge is -2.23. The number of nitrogens with two attached hydrogens (primary N) is 1. The van der Waals surface area contributed by atoms with Crippen LogP contribution < -0.4 is 5.73 Å². The molecule has 0 aliphatic carbocycles. The topological polar surface area (TPSA) is 68.2 Å². The zero-order chi connectivity index (χ0) is 14.8. The van der Waals surface area contributed by atoms with Gasteiger partial charge in [-0.15, -0.1) is 0 Å². The molecule has 2 N–H and O–H groups in total. The molecule has 5 nitrogen and oxygen atoms in total. The Hall–Kier alpha value is -1.14. The van der Waals surface area contributed by atoms with Crippen molar-refractivity contribution < 1.29 is 4.52 Å². The predicted octanol–water partition coefficient (Wildman–Crippen LogP) is 3.17. The first-order chi connectivity index (χ1) is 10.2. The summed E-state index contributed by atoms with van der Waals surface area (Å²) in [6.07, 6.45) is 2.21. The van der Waals surface area contributed by atoms with Gasteiger partial charge in [0.05, 0.1) is 23.1 Å². The Morgan fingerprint density at radius 2 is 2.19 bits per heavy atom. The molecule has 1 unspecified atom stereocenters. The molecule has 1 aliphatic heterocycles. The second-order valence-corrected chi connectivity index (χ2v) is 5.92. The lowest BCUT2D eigenvalue weighted by molar-refractivity contribution is 0.238. The highest BCUT2D eigenvalue weighted by Gasteiger charge is 2.27. The van der Waals surface area contributed by atoms with Gasteiger partial charge in [-0.3, -0.25) is 4.90 Å². The van der Waals surface area contributed by atoms with Crippen molar-refractivity contribution in [3.63, 3.8) is 0 Å². The summed E-state index contributed by atoms with van der Waals surface area (Å²) in [5, 5.41) is 5.12. The Balaban J connectivity index is 1.76. The average molecular weight is 327 g/mol. The molecule has 0 spiro atoms. The number of aromatic nitrogens is 2. The van der Waals surface area contributed by atoms with Crippen LogP contribution in [-0.4, -0.2) is 21.6 Å². The third-order valence-electron chi connectivity index (χ3n) is 3.72. The van der Waals surface area contributed by atoms with E-state index in [9.17, 15) is 0 Å². The SMILES string of the molecule is NCc1nc(CN2CCCC2c2ccc(Cl)c(Cl)c2)no1. The van der Waals surface area contributed by atoms with Crippen LogP contribution in [0.5, 0.6) is 0 Å². The van der Waals surface area contributed by atoms with Crippen molar-refractivity contribution in [3.05, 3.63) is 45.5 Å². The Morgan fingerprint density at radius 1 is 1.33 bits per heavy atom. The van der Waals surface area contributed by atoms with Crippen LogP contribution in [0.15, 0.2) is 22.7 Å². The first-order valence-electron chi connectivity index (χ1n) is 6.88. The average Bonchev–Trinajstić information content (AvgIpc) is 3.11. The van der Waals surface area contributed by atoms with E-state index in [-0.39, 0.29) is 6.54 Å². The van der Waals surface area contributed by atoms with Crippen molar-refractivity contribution in [2.45, 2.75) is 32.0 Å². The second-order valence-electron chi connectivity index (χ2n) is 5.11. The summed E-state index contributed by atoms with van der Waals surface area (Å²) in [4.78, 5) is 6.58. The Bertz CT molecular complexity index is 631. The van der Waals surface area contributed by atoms with Gasteiger partial charge in [-0.05, 0) is 37.1 Å². The number of hydrogen-bond donors (Lipinski definition) is 1. The fourth-order valence-corrected chi connectivity index (χ4v) is 3.04. The molecule has 1 fully saturated rings. The molecule has 21 heavy (non-hydrogen) atoms. The minimum atomic E-state index is 0.267. The Labute approximate surface area is 133 Å². The molecule has 1 atom stereocenters. The van der Waals surface area contributed by atoms with E-state index in [1.54, 1.807) is 0 Å². The molecule has 1 aromatic carbocycles. The van der Waals surface area contributed by atoms with Gasteiger partial charge in [-0.2, -0.15) is 4.98 Å². The zero-order valence-electron chi connectivity index (χ0n) is 11.4. The summed E-state index contributed by atoms with van der Waals surface area (Å²) in [6, 6.07) is 6.11. The van der Waals surface area contributed by atoms with Crippen LogP contribution in [0, 0.1) is 0 Å². The minimum Gasteiger partial charge on any atom is -0.338 e. The van der Waals surface area contributed by atoms with Crippen molar-refractivity contribution in [3.8, 4) is 0 Å². The summed E-state index contributed by atoms with van der Waals surface area (Å²) in [6.45, 7) is 1.91. The zero-order valence-corrected chi connectivity index (χ0v) is 12.9. The lowest BCUT2D eigenvalue weighted by atomic mass is 10.0. The molecule has 0 radical (unpaired) electrons. The molecule has 0 amide bonds. The van der Waals surface area contributed by atoms with E-state index in [1.807, 2.05) is 18.2 Å². The molecule has 0 saturated carbocycles. The van der Waals surface area contributed by atoms with Gasteiger partial charge >= 0.3 is 0 Å². The molecule has 3 rings (SSSR count). The van der Waals surface area contributed by atoms with Crippen molar-refractivity contribution in [2.75, 3.05) is 6.54 Å². The lowest BCUT2D eigenvalue weighted by Crippen LogP contribution is -2.23. The number of hydrogen-bond acceptors (Lipinski definition) is 5. The van der Waals surface area contributed by atoms with Gasteiger partial charge in [0.25, 0.3) is 0 Å². The number of rotatable bonds is 4. The number of nitrogens with zero attached hydrogens (tertiary/aromatic N) is 3. The molecule has 1 saturated heterocycles. The van der Waals surface area contributed by atoms with Gasteiger partial charge in [0, 0.05) is 6.04 Å². The van der Waals surface area contributed by atoms with Gasteiger partial charge in [0.1, 0.15) is 0 Å². The molecule has 0 bridgehead atoms. The predicted molar refractivity (Wildman–Crippen MR) is 81.0 cm³/mol. The molecular weight excluding hydrogens is 311 g/mol. The first kappa shape index (κ1) is 14.8. The third kappa shape index (κ3) is 3.21. The largest absolute Gasteiger partial charge is 0.338 e. The minimum absolute atomic E-state index is 0.267. The van der Waals surface area contributed by atoms with Crippen molar-refractivity contribution in [1.29, 1.82) is 0 Å².